The first kappa shape index (κ1) is 16.1. The van der Waals surface area contributed by atoms with Crippen LogP contribution in [0.25, 0.3) is 0 Å². The summed E-state index contributed by atoms with van der Waals surface area (Å²) in [4.78, 5) is 15.0. The Morgan fingerprint density at radius 2 is 2.04 bits per heavy atom. The first-order valence-corrected chi connectivity index (χ1v) is 9.00. The first-order valence-electron chi connectivity index (χ1n) is 9.00. The maximum absolute atomic E-state index is 13.5. The number of benzene rings is 2. The Kier molecular flexibility index (Phi) is 3.70. The van der Waals surface area contributed by atoms with Crippen LogP contribution in [-0.4, -0.2) is 33.2 Å². The lowest BCUT2D eigenvalue weighted by Crippen LogP contribution is -2.46. The fourth-order valence-electron chi connectivity index (χ4n) is 4.00. The zero-order valence-electron chi connectivity index (χ0n) is 14.6. The van der Waals surface area contributed by atoms with Crippen molar-refractivity contribution >= 4 is 5.91 Å². The Hall–Kier alpha value is -3.15. The lowest BCUT2D eigenvalue weighted by atomic mass is 9.95. The average Bonchev–Trinajstić information content (AvgIpc) is 3.36. The number of amides is 1. The molecule has 27 heavy (non-hydrogen) atoms. The minimum atomic E-state index is -0.606. The molecule has 6 heteroatoms. The highest BCUT2D eigenvalue weighted by Gasteiger charge is 2.36. The summed E-state index contributed by atoms with van der Waals surface area (Å²) in [6.07, 6.45) is 3.45. The zero-order valence-corrected chi connectivity index (χ0v) is 14.6. The smallest absolute Gasteiger partial charge is 0.264 e. The number of carbonyl (C=O) groups is 1. The molecule has 136 valence electrons. The molecule has 2 aromatic carbocycles. The Bertz CT molecular complexity index is 1000. The number of rotatable bonds is 2. The molecule has 0 aliphatic carbocycles. The van der Waals surface area contributed by atoms with E-state index in [0.717, 1.165) is 11.1 Å². The van der Waals surface area contributed by atoms with Gasteiger partial charge in [0.05, 0.1) is 6.04 Å². The Balaban J connectivity index is 1.42. The van der Waals surface area contributed by atoms with Gasteiger partial charge in [0, 0.05) is 37.5 Å². The molecule has 5 rings (SSSR count). The highest BCUT2D eigenvalue weighted by molar-refractivity contribution is 5.83. The van der Waals surface area contributed by atoms with Crippen LogP contribution in [0.2, 0.25) is 0 Å². The second kappa shape index (κ2) is 6.23. The fraction of sp³-hybridized carbons (Fsp3) is 0.238. The van der Waals surface area contributed by atoms with Crippen molar-refractivity contribution in [3.05, 3.63) is 83.4 Å². The number of carbonyl (C=O) groups excluding carboxylic acids is 1. The molecule has 5 nitrogen and oxygen atoms in total. The highest BCUT2D eigenvalue weighted by Crippen LogP contribution is 2.33. The van der Waals surface area contributed by atoms with Gasteiger partial charge in [-0.05, 0) is 35.4 Å². The zero-order chi connectivity index (χ0) is 18.4. The molecule has 1 aromatic heterocycles. The van der Waals surface area contributed by atoms with Crippen LogP contribution in [0.4, 0.5) is 4.39 Å². The van der Waals surface area contributed by atoms with E-state index in [9.17, 15) is 9.18 Å². The van der Waals surface area contributed by atoms with Crippen molar-refractivity contribution in [1.82, 2.24) is 14.7 Å². The average molecular weight is 363 g/mol. The minimum Gasteiger partial charge on any atom is -0.480 e. The monoisotopic (exact) mass is 363 g/mol. The van der Waals surface area contributed by atoms with E-state index in [4.69, 9.17) is 4.74 Å². The summed E-state index contributed by atoms with van der Waals surface area (Å²) in [5.41, 5.74) is 3.04. The molecule has 0 spiro atoms. The molecule has 1 amide bonds. The van der Waals surface area contributed by atoms with Crippen LogP contribution in [0.3, 0.4) is 0 Å². The van der Waals surface area contributed by atoms with Gasteiger partial charge in [-0.25, -0.2) is 4.39 Å². The molecule has 2 unspecified atom stereocenters. The van der Waals surface area contributed by atoms with Gasteiger partial charge in [-0.2, -0.15) is 5.10 Å². The normalized spacial score (nSPS) is 20.7. The van der Waals surface area contributed by atoms with Gasteiger partial charge in [0.15, 0.2) is 6.10 Å². The predicted octanol–water partition coefficient (Wildman–Crippen LogP) is 2.96. The molecule has 2 atom stereocenters. The second-order valence-corrected chi connectivity index (χ2v) is 6.98. The molecule has 0 bridgehead atoms. The SMILES string of the molecule is O=C(C1Cc2cc(F)ccc2O1)N1Cc2ccccc2C(n2cccn2)C1. The molecule has 2 aliphatic rings. The number of halogens is 1. The molecule has 0 fully saturated rings. The van der Waals surface area contributed by atoms with E-state index < -0.39 is 6.10 Å². The van der Waals surface area contributed by atoms with Crippen molar-refractivity contribution in [2.75, 3.05) is 6.54 Å². The molecule has 3 heterocycles. The van der Waals surface area contributed by atoms with Crippen LogP contribution in [0, 0.1) is 5.82 Å². The third kappa shape index (κ3) is 2.77. The standard InChI is InChI=1S/C21H18FN3O2/c22-16-6-7-19-15(10-16)11-20(27-19)21(26)24-12-14-4-1-2-5-17(14)18(13-24)25-9-3-8-23-25/h1-10,18,20H,11-13H2. The van der Waals surface area contributed by atoms with Gasteiger partial charge >= 0.3 is 0 Å². The largest absolute Gasteiger partial charge is 0.480 e. The molecule has 2 aliphatic heterocycles. The van der Waals surface area contributed by atoms with Crippen LogP contribution in [0.15, 0.2) is 60.9 Å². The number of hydrogen-bond donors (Lipinski definition) is 0. The summed E-state index contributed by atoms with van der Waals surface area (Å²) in [6.45, 7) is 1.07. The van der Waals surface area contributed by atoms with Crippen LogP contribution in [-0.2, 0) is 17.8 Å². The van der Waals surface area contributed by atoms with E-state index in [1.165, 1.54) is 17.7 Å². The summed E-state index contributed by atoms with van der Waals surface area (Å²) in [5, 5.41) is 4.38. The Labute approximate surface area is 156 Å². The van der Waals surface area contributed by atoms with Gasteiger partial charge in [0.2, 0.25) is 0 Å². The van der Waals surface area contributed by atoms with Crippen LogP contribution in [0.1, 0.15) is 22.7 Å². The molecular weight excluding hydrogens is 345 g/mol. The van der Waals surface area contributed by atoms with Gasteiger partial charge in [0.25, 0.3) is 5.91 Å². The minimum absolute atomic E-state index is 0.0323. The van der Waals surface area contributed by atoms with Crippen molar-refractivity contribution in [1.29, 1.82) is 0 Å². The van der Waals surface area contributed by atoms with E-state index in [-0.39, 0.29) is 17.8 Å². The summed E-state index contributed by atoms with van der Waals surface area (Å²) >= 11 is 0. The Morgan fingerprint density at radius 3 is 2.89 bits per heavy atom. The molecule has 0 saturated carbocycles. The van der Waals surface area contributed by atoms with Crippen molar-refractivity contribution in [3.63, 3.8) is 0 Å². The van der Waals surface area contributed by atoms with E-state index in [1.807, 2.05) is 40.0 Å². The number of fused-ring (bicyclic) bond motifs is 2. The number of nitrogens with zero attached hydrogens (tertiary/aromatic N) is 3. The topological polar surface area (TPSA) is 47.4 Å². The van der Waals surface area contributed by atoms with Crippen LogP contribution in [0.5, 0.6) is 5.75 Å². The number of hydrogen-bond acceptors (Lipinski definition) is 3. The summed E-state index contributed by atoms with van der Waals surface area (Å²) in [6, 6.07) is 14.4. The number of aromatic nitrogens is 2. The van der Waals surface area contributed by atoms with E-state index >= 15 is 0 Å². The lowest BCUT2D eigenvalue weighted by Gasteiger charge is -2.35. The third-order valence-electron chi connectivity index (χ3n) is 5.30. The van der Waals surface area contributed by atoms with Gasteiger partial charge in [-0.15, -0.1) is 0 Å². The quantitative estimate of drug-likeness (QED) is 0.703. The maximum atomic E-state index is 13.5. The summed E-state index contributed by atoms with van der Waals surface area (Å²) in [7, 11) is 0. The van der Waals surface area contributed by atoms with Crippen molar-refractivity contribution in [2.24, 2.45) is 0 Å². The molecule has 3 aromatic rings. The second-order valence-electron chi connectivity index (χ2n) is 6.98. The summed E-state index contributed by atoms with van der Waals surface area (Å²) < 4.78 is 21.2. The van der Waals surface area contributed by atoms with Gasteiger partial charge in [-0.3, -0.25) is 9.48 Å². The fourth-order valence-corrected chi connectivity index (χ4v) is 4.00. The van der Waals surface area contributed by atoms with Crippen molar-refractivity contribution < 1.29 is 13.9 Å². The summed E-state index contributed by atoms with van der Waals surface area (Å²) in [5.74, 6) is 0.213. The predicted molar refractivity (Wildman–Crippen MR) is 96.7 cm³/mol. The third-order valence-corrected chi connectivity index (χ3v) is 5.30. The van der Waals surface area contributed by atoms with Crippen LogP contribution < -0.4 is 4.74 Å². The van der Waals surface area contributed by atoms with Gasteiger partial charge in [0.1, 0.15) is 11.6 Å². The van der Waals surface area contributed by atoms with Crippen molar-refractivity contribution in [2.45, 2.75) is 25.1 Å². The maximum Gasteiger partial charge on any atom is 0.264 e. The molecule has 0 radical (unpaired) electrons. The van der Waals surface area contributed by atoms with Crippen molar-refractivity contribution in [3.8, 4) is 5.75 Å². The molecule has 0 N–H and O–H groups in total. The van der Waals surface area contributed by atoms with Crippen LogP contribution >= 0.6 is 0 Å². The van der Waals surface area contributed by atoms with E-state index in [1.54, 1.807) is 12.3 Å². The van der Waals surface area contributed by atoms with E-state index in [2.05, 4.69) is 11.2 Å². The highest BCUT2D eigenvalue weighted by atomic mass is 19.1. The molecule has 0 saturated heterocycles. The molecular formula is C21H18FN3O2. The first-order chi connectivity index (χ1) is 13.2. The van der Waals surface area contributed by atoms with Gasteiger partial charge in [-0.1, -0.05) is 24.3 Å². The Morgan fingerprint density at radius 1 is 1.15 bits per heavy atom. The lowest BCUT2D eigenvalue weighted by molar-refractivity contribution is -0.139. The van der Waals surface area contributed by atoms with E-state index in [0.29, 0.717) is 25.3 Å². The van der Waals surface area contributed by atoms with Gasteiger partial charge < -0.3 is 9.64 Å². The number of ether oxygens (including phenoxy) is 1.